The number of imide groups is 1. The van der Waals surface area contributed by atoms with Gasteiger partial charge in [-0.3, -0.25) is 19.3 Å². The number of fused-ring (bicyclic) bond motifs is 1. The fourth-order valence-corrected chi connectivity index (χ4v) is 3.82. The van der Waals surface area contributed by atoms with Gasteiger partial charge in [0.1, 0.15) is 13.2 Å². The summed E-state index contributed by atoms with van der Waals surface area (Å²) in [5.74, 6) is -1.49. The molecule has 1 N–H and O–H groups in total. The van der Waals surface area contributed by atoms with E-state index < -0.39 is 18.7 Å². The summed E-state index contributed by atoms with van der Waals surface area (Å²) >= 11 is 0. The van der Waals surface area contributed by atoms with E-state index >= 15 is 0 Å². The maximum absolute atomic E-state index is 12.4. The molecule has 0 bridgehead atoms. The smallest absolute Gasteiger partial charge is 0.367 e. The zero-order valence-corrected chi connectivity index (χ0v) is 15.8. The molecule has 0 radical (unpaired) electrons. The Bertz CT molecular complexity index is 740. The molecule has 1 aromatic carbocycles. The SMILES string of the molecule is O=C(CN1C(=O)[C@H]2CCCC[C@H]2C1=O)NCc1ccc(COCC(F)(F)F)cc1. The molecule has 2 atom stereocenters. The lowest BCUT2D eigenvalue weighted by atomic mass is 9.81. The lowest BCUT2D eigenvalue weighted by Gasteiger charge is -2.19. The first-order chi connectivity index (χ1) is 13.7. The van der Waals surface area contributed by atoms with Gasteiger partial charge in [0.25, 0.3) is 0 Å². The normalized spacial score (nSPS) is 22.0. The third-order valence-electron chi connectivity index (χ3n) is 5.28. The van der Waals surface area contributed by atoms with E-state index in [0.717, 1.165) is 23.3 Å². The minimum Gasteiger partial charge on any atom is -0.367 e. The largest absolute Gasteiger partial charge is 0.411 e. The average molecular weight is 412 g/mol. The number of ether oxygens (including phenoxy) is 1. The number of hydrogen-bond donors (Lipinski definition) is 1. The number of amides is 3. The van der Waals surface area contributed by atoms with Crippen molar-refractivity contribution in [3.63, 3.8) is 0 Å². The Balaban J connectivity index is 1.44. The molecular formula is C20H23F3N2O4. The summed E-state index contributed by atoms with van der Waals surface area (Å²) in [5.41, 5.74) is 1.32. The summed E-state index contributed by atoms with van der Waals surface area (Å²) in [4.78, 5) is 38.0. The highest BCUT2D eigenvalue weighted by atomic mass is 19.4. The van der Waals surface area contributed by atoms with Crippen LogP contribution in [0.4, 0.5) is 13.2 Å². The standard InChI is InChI=1S/C20H23F3N2O4/c21-20(22,23)12-29-11-14-7-5-13(6-8-14)9-24-17(26)10-25-18(27)15-3-1-2-4-16(15)19(25)28/h5-8,15-16H,1-4,9-12H2,(H,24,26)/t15-,16+. The van der Waals surface area contributed by atoms with Gasteiger partial charge in [0.15, 0.2) is 0 Å². The van der Waals surface area contributed by atoms with Gasteiger partial charge in [-0.2, -0.15) is 13.2 Å². The number of carbonyl (C=O) groups is 3. The maximum Gasteiger partial charge on any atom is 0.411 e. The number of rotatable bonds is 7. The maximum atomic E-state index is 12.4. The number of carbonyl (C=O) groups excluding carboxylic acids is 3. The highest BCUT2D eigenvalue weighted by molar-refractivity contribution is 6.07. The van der Waals surface area contributed by atoms with Crippen molar-refractivity contribution in [2.75, 3.05) is 13.2 Å². The van der Waals surface area contributed by atoms with Crippen LogP contribution < -0.4 is 5.32 Å². The quantitative estimate of drug-likeness (QED) is 0.699. The Morgan fingerprint density at radius 1 is 1.03 bits per heavy atom. The second-order valence-electron chi connectivity index (χ2n) is 7.46. The zero-order valence-electron chi connectivity index (χ0n) is 15.8. The number of likely N-dealkylation sites (tertiary alicyclic amines) is 1. The molecule has 0 aromatic heterocycles. The van der Waals surface area contributed by atoms with Crippen molar-refractivity contribution >= 4 is 17.7 Å². The van der Waals surface area contributed by atoms with E-state index in [0.29, 0.717) is 18.4 Å². The fourth-order valence-electron chi connectivity index (χ4n) is 3.82. The minimum atomic E-state index is -4.36. The summed E-state index contributed by atoms with van der Waals surface area (Å²) in [7, 11) is 0. The van der Waals surface area contributed by atoms with E-state index in [4.69, 9.17) is 0 Å². The van der Waals surface area contributed by atoms with Crippen LogP contribution in [0.3, 0.4) is 0 Å². The topological polar surface area (TPSA) is 75.7 Å². The third kappa shape index (κ3) is 5.56. The fraction of sp³-hybridized carbons (Fsp3) is 0.550. The lowest BCUT2D eigenvalue weighted by Crippen LogP contribution is -2.40. The van der Waals surface area contributed by atoms with Gasteiger partial charge >= 0.3 is 6.18 Å². The van der Waals surface area contributed by atoms with E-state index in [1.165, 1.54) is 0 Å². The average Bonchev–Trinajstić information content (AvgIpc) is 2.92. The molecule has 2 fully saturated rings. The highest BCUT2D eigenvalue weighted by Crippen LogP contribution is 2.37. The molecule has 3 amide bonds. The molecular weight excluding hydrogens is 389 g/mol. The Kier molecular flexibility index (Phi) is 6.56. The van der Waals surface area contributed by atoms with Gasteiger partial charge in [-0.1, -0.05) is 37.1 Å². The first kappa shape index (κ1) is 21.3. The number of nitrogens with zero attached hydrogens (tertiary/aromatic N) is 1. The number of alkyl halides is 3. The summed E-state index contributed by atoms with van der Waals surface area (Å²) in [5, 5.41) is 2.67. The highest BCUT2D eigenvalue weighted by Gasteiger charge is 2.48. The van der Waals surface area contributed by atoms with E-state index in [1.54, 1.807) is 24.3 Å². The number of halogens is 3. The van der Waals surface area contributed by atoms with Crippen LogP contribution in [-0.2, 0) is 32.3 Å². The summed E-state index contributed by atoms with van der Waals surface area (Å²) in [6.45, 7) is -1.56. The zero-order chi connectivity index (χ0) is 21.0. The molecule has 0 spiro atoms. The van der Waals surface area contributed by atoms with Gasteiger partial charge in [0.2, 0.25) is 17.7 Å². The molecule has 6 nitrogen and oxygen atoms in total. The van der Waals surface area contributed by atoms with Crippen molar-refractivity contribution in [1.29, 1.82) is 0 Å². The monoisotopic (exact) mass is 412 g/mol. The second-order valence-corrected chi connectivity index (χ2v) is 7.46. The van der Waals surface area contributed by atoms with Crippen LogP contribution in [0.15, 0.2) is 24.3 Å². The van der Waals surface area contributed by atoms with Crippen molar-refractivity contribution in [1.82, 2.24) is 10.2 Å². The van der Waals surface area contributed by atoms with Crippen LogP contribution in [0, 0.1) is 11.8 Å². The third-order valence-corrected chi connectivity index (χ3v) is 5.28. The van der Waals surface area contributed by atoms with Crippen LogP contribution in [0.1, 0.15) is 36.8 Å². The van der Waals surface area contributed by atoms with Crippen LogP contribution in [0.5, 0.6) is 0 Å². The predicted octanol–water partition coefficient (Wildman–Crippen LogP) is 2.56. The summed E-state index contributed by atoms with van der Waals surface area (Å²) < 4.78 is 40.8. The van der Waals surface area contributed by atoms with Crippen molar-refractivity contribution in [2.45, 2.75) is 45.0 Å². The van der Waals surface area contributed by atoms with E-state index in [-0.39, 0.29) is 43.3 Å². The molecule has 29 heavy (non-hydrogen) atoms. The molecule has 1 aliphatic carbocycles. The molecule has 3 rings (SSSR count). The Morgan fingerprint density at radius 3 is 2.14 bits per heavy atom. The molecule has 1 saturated carbocycles. The first-order valence-corrected chi connectivity index (χ1v) is 9.59. The second kappa shape index (κ2) is 8.94. The predicted molar refractivity (Wildman–Crippen MR) is 96.2 cm³/mol. The number of hydrogen-bond acceptors (Lipinski definition) is 4. The van der Waals surface area contributed by atoms with E-state index in [1.807, 2.05) is 0 Å². The first-order valence-electron chi connectivity index (χ1n) is 9.59. The molecule has 1 aliphatic heterocycles. The molecule has 0 unspecified atom stereocenters. The van der Waals surface area contributed by atoms with Crippen LogP contribution in [0.25, 0.3) is 0 Å². The molecule has 1 saturated heterocycles. The van der Waals surface area contributed by atoms with Crippen molar-refractivity contribution in [3.8, 4) is 0 Å². The molecule has 1 heterocycles. The van der Waals surface area contributed by atoms with Gasteiger partial charge < -0.3 is 10.1 Å². The molecule has 158 valence electrons. The van der Waals surface area contributed by atoms with E-state index in [2.05, 4.69) is 10.1 Å². The minimum absolute atomic E-state index is 0.159. The molecule has 1 aromatic rings. The van der Waals surface area contributed by atoms with Gasteiger partial charge in [-0.05, 0) is 24.0 Å². The Labute approximate surface area is 166 Å². The van der Waals surface area contributed by atoms with Crippen LogP contribution in [-0.4, -0.2) is 41.9 Å². The Morgan fingerprint density at radius 2 is 1.59 bits per heavy atom. The van der Waals surface area contributed by atoms with E-state index in [9.17, 15) is 27.6 Å². The number of benzene rings is 1. The van der Waals surface area contributed by atoms with Gasteiger partial charge in [-0.15, -0.1) is 0 Å². The van der Waals surface area contributed by atoms with Crippen LogP contribution >= 0.6 is 0 Å². The molecule has 9 heteroatoms. The van der Waals surface area contributed by atoms with Gasteiger partial charge in [0.05, 0.1) is 18.4 Å². The lowest BCUT2D eigenvalue weighted by molar-refractivity contribution is -0.176. The van der Waals surface area contributed by atoms with Gasteiger partial charge in [-0.25, -0.2) is 0 Å². The number of nitrogens with one attached hydrogen (secondary N) is 1. The van der Waals surface area contributed by atoms with Crippen molar-refractivity contribution < 1.29 is 32.3 Å². The summed E-state index contributed by atoms with van der Waals surface area (Å²) in [6.07, 6.45) is -1.10. The summed E-state index contributed by atoms with van der Waals surface area (Å²) in [6, 6.07) is 6.59. The van der Waals surface area contributed by atoms with Crippen LogP contribution in [0.2, 0.25) is 0 Å². The van der Waals surface area contributed by atoms with Crippen molar-refractivity contribution in [2.24, 2.45) is 11.8 Å². The van der Waals surface area contributed by atoms with Crippen molar-refractivity contribution in [3.05, 3.63) is 35.4 Å². The van der Waals surface area contributed by atoms with Gasteiger partial charge in [0, 0.05) is 6.54 Å². The Hall–Kier alpha value is -2.42. The molecule has 2 aliphatic rings.